The van der Waals surface area contributed by atoms with E-state index in [2.05, 4.69) is 5.32 Å². The molecule has 2 aromatic rings. The van der Waals surface area contributed by atoms with Gasteiger partial charge in [-0.2, -0.15) is 0 Å². The molecule has 0 aliphatic carbocycles. The Labute approximate surface area is 154 Å². The lowest BCUT2D eigenvalue weighted by atomic mass is 10.1. The van der Waals surface area contributed by atoms with Gasteiger partial charge in [-0.25, -0.2) is 4.39 Å². The third-order valence-electron chi connectivity index (χ3n) is 3.99. The number of rotatable bonds is 4. The maximum Gasteiger partial charge on any atom is 0.228 e. The summed E-state index contributed by atoms with van der Waals surface area (Å²) in [6, 6.07) is 9.26. The lowest BCUT2D eigenvalue weighted by Crippen LogP contribution is -2.24. The van der Waals surface area contributed by atoms with Crippen LogP contribution in [-0.2, 0) is 16.0 Å². The van der Waals surface area contributed by atoms with E-state index in [1.807, 2.05) is 0 Å². The van der Waals surface area contributed by atoms with Gasteiger partial charge in [0.15, 0.2) is 0 Å². The zero-order valence-corrected chi connectivity index (χ0v) is 14.7. The molecule has 130 valence electrons. The highest BCUT2D eigenvalue weighted by atomic mass is 35.5. The summed E-state index contributed by atoms with van der Waals surface area (Å²) in [5.74, 6) is -1.01. The van der Waals surface area contributed by atoms with E-state index in [4.69, 9.17) is 23.2 Å². The highest BCUT2D eigenvalue weighted by molar-refractivity contribution is 6.36. The molecule has 1 heterocycles. The Morgan fingerprint density at radius 3 is 2.52 bits per heavy atom. The van der Waals surface area contributed by atoms with Crippen molar-refractivity contribution >= 4 is 46.4 Å². The van der Waals surface area contributed by atoms with Crippen molar-refractivity contribution in [2.75, 3.05) is 16.8 Å². The highest BCUT2D eigenvalue weighted by Crippen LogP contribution is 2.28. The van der Waals surface area contributed by atoms with E-state index in [1.54, 1.807) is 24.3 Å². The summed E-state index contributed by atoms with van der Waals surface area (Å²) in [5, 5.41) is 3.41. The zero-order valence-electron chi connectivity index (χ0n) is 13.2. The lowest BCUT2D eigenvalue weighted by molar-refractivity contribution is -0.117. The summed E-state index contributed by atoms with van der Waals surface area (Å²) in [7, 11) is 0. The van der Waals surface area contributed by atoms with Crippen molar-refractivity contribution in [1.82, 2.24) is 0 Å². The molecule has 0 aromatic heterocycles. The molecule has 0 unspecified atom stereocenters. The number of nitrogens with zero attached hydrogens (tertiary/aromatic N) is 1. The fourth-order valence-electron chi connectivity index (χ4n) is 2.77. The first-order chi connectivity index (χ1) is 12.0. The number of nitrogens with one attached hydrogen (secondary N) is 1. The Morgan fingerprint density at radius 1 is 1.20 bits per heavy atom. The van der Waals surface area contributed by atoms with Gasteiger partial charge < -0.3 is 10.2 Å². The summed E-state index contributed by atoms with van der Waals surface area (Å²) >= 11 is 12.1. The van der Waals surface area contributed by atoms with Crippen molar-refractivity contribution in [2.24, 2.45) is 0 Å². The molecule has 7 heteroatoms. The topological polar surface area (TPSA) is 49.4 Å². The van der Waals surface area contributed by atoms with E-state index in [0.717, 1.165) is 6.42 Å². The summed E-state index contributed by atoms with van der Waals surface area (Å²) in [4.78, 5) is 25.3. The fourth-order valence-corrected chi connectivity index (χ4v) is 3.30. The average molecular weight is 381 g/mol. The third kappa shape index (κ3) is 3.94. The monoisotopic (exact) mass is 380 g/mol. The maximum absolute atomic E-state index is 14.3. The Kier molecular flexibility index (Phi) is 5.25. The molecule has 0 saturated carbocycles. The normalized spacial score (nSPS) is 14.0. The van der Waals surface area contributed by atoms with Crippen molar-refractivity contribution in [1.29, 1.82) is 0 Å². The zero-order chi connectivity index (χ0) is 18.0. The predicted octanol–water partition coefficient (Wildman–Crippen LogP) is 4.44. The van der Waals surface area contributed by atoms with Crippen LogP contribution in [0.3, 0.4) is 0 Å². The van der Waals surface area contributed by atoms with E-state index in [0.29, 0.717) is 34.3 Å². The molecular weight excluding hydrogens is 366 g/mol. The molecule has 0 bridgehead atoms. The smallest absolute Gasteiger partial charge is 0.228 e. The van der Waals surface area contributed by atoms with Gasteiger partial charge in [-0.1, -0.05) is 29.3 Å². The molecule has 1 N–H and O–H groups in total. The number of anilines is 2. The number of carbonyl (C=O) groups is 2. The average Bonchev–Trinajstić information content (AvgIpc) is 2.97. The quantitative estimate of drug-likeness (QED) is 0.851. The van der Waals surface area contributed by atoms with Gasteiger partial charge in [-0.3, -0.25) is 9.59 Å². The molecule has 4 nitrogen and oxygen atoms in total. The van der Waals surface area contributed by atoms with Crippen molar-refractivity contribution in [3.8, 4) is 0 Å². The first-order valence-electron chi connectivity index (χ1n) is 7.78. The summed E-state index contributed by atoms with van der Waals surface area (Å²) in [5.41, 5.74) is 1.05. The van der Waals surface area contributed by atoms with Crippen LogP contribution in [0.4, 0.5) is 15.8 Å². The Morgan fingerprint density at radius 2 is 1.92 bits per heavy atom. The molecule has 3 rings (SSSR count). The molecule has 0 radical (unpaired) electrons. The van der Waals surface area contributed by atoms with Crippen LogP contribution in [0.25, 0.3) is 0 Å². The Balaban J connectivity index is 1.72. The number of halogens is 3. The minimum Gasteiger partial charge on any atom is -0.326 e. The van der Waals surface area contributed by atoms with Crippen molar-refractivity contribution < 1.29 is 14.0 Å². The first kappa shape index (κ1) is 17.7. The Hall–Kier alpha value is -2.11. The van der Waals surface area contributed by atoms with Gasteiger partial charge in [0.2, 0.25) is 11.8 Å². The van der Waals surface area contributed by atoms with E-state index in [9.17, 15) is 14.0 Å². The SMILES string of the molecule is O=C(Cc1c(Cl)cccc1Cl)Nc1ccc(N2CCCC2=O)c(F)c1. The number of carbonyl (C=O) groups excluding carboxylic acids is 2. The minimum atomic E-state index is -0.552. The van der Waals surface area contributed by atoms with Gasteiger partial charge in [0.1, 0.15) is 5.82 Å². The largest absolute Gasteiger partial charge is 0.326 e. The van der Waals surface area contributed by atoms with E-state index >= 15 is 0 Å². The molecule has 1 aliphatic heterocycles. The number of benzene rings is 2. The minimum absolute atomic E-state index is 0.0213. The van der Waals surface area contributed by atoms with Gasteiger partial charge >= 0.3 is 0 Å². The van der Waals surface area contributed by atoms with Crippen molar-refractivity contribution in [3.63, 3.8) is 0 Å². The fraction of sp³-hybridized carbons (Fsp3) is 0.222. The van der Waals surface area contributed by atoms with Crippen LogP contribution < -0.4 is 10.2 Å². The maximum atomic E-state index is 14.3. The van der Waals surface area contributed by atoms with Crippen LogP contribution in [0.1, 0.15) is 18.4 Å². The highest BCUT2D eigenvalue weighted by Gasteiger charge is 2.24. The van der Waals surface area contributed by atoms with Crippen LogP contribution in [-0.4, -0.2) is 18.4 Å². The first-order valence-corrected chi connectivity index (χ1v) is 8.54. The van der Waals surface area contributed by atoms with Crippen LogP contribution >= 0.6 is 23.2 Å². The molecule has 0 spiro atoms. The molecule has 1 fully saturated rings. The number of amides is 2. The summed E-state index contributed by atoms with van der Waals surface area (Å²) in [6.07, 6.45) is 1.12. The van der Waals surface area contributed by atoms with Crippen molar-refractivity contribution in [3.05, 3.63) is 57.8 Å². The molecule has 25 heavy (non-hydrogen) atoms. The standard InChI is InChI=1S/C18H15Cl2FN2O2/c19-13-3-1-4-14(20)12(13)10-17(24)22-11-6-7-16(15(21)9-11)23-8-2-5-18(23)25/h1,3-4,6-7,9H,2,5,8,10H2,(H,22,24). The van der Waals surface area contributed by atoms with Crippen LogP contribution in [0.5, 0.6) is 0 Å². The molecule has 0 atom stereocenters. The summed E-state index contributed by atoms with van der Waals surface area (Å²) < 4.78 is 14.3. The predicted molar refractivity (Wildman–Crippen MR) is 96.8 cm³/mol. The van der Waals surface area contributed by atoms with E-state index in [-0.39, 0.29) is 23.9 Å². The number of hydrogen-bond acceptors (Lipinski definition) is 2. The van der Waals surface area contributed by atoms with Gasteiger partial charge in [0.25, 0.3) is 0 Å². The molecule has 1 aliphatic rings. The lowest BCUT2D eigenvalue weighted by Gasteiger charge is -2.17. The Bertz CT molecular complexity index is 822. The molecule has 2 aromatic carbocycles. The second kappa shape index (κ2) is 7.42. The van der Waals surface area contributed by atoms with Gasteiger partial charge in [0.05, 0.1) is 12.1 Å². The van der Waals surface area contributed by atoms with Gasteiger partial charge in [-0.05, 0) is 42.3 Å². The number of hydrogen-bond donors (Lipinski definition) is 1. The second-order valence-corrected chi connectivity index (χ2v) is 6.55. The summed E-state index contributed by atoms with van der Waals surface area (Å²) in [6.45, 7) is 0.506. The van der Waals surface area contributed by atoms with Gasteiger partial charge in [0, 0.05) is 28.7 Å². The molecule has 1 saturated heterocycles. The van der Waals surface area contributed by atoms with Crippen LogP contribution in [0.15, 0.2) is 36.4 Å². The van der Waals surface area contributed by atoms with Crippen LogP contribution in [0, 0.1) is 5.82 Å². The van der Waals surface area contributed by atoms with Crippen molar-refractivity contribution in [2.45, 2.75) is 19.3 Å². The molecule has 2 amide bonds. The van der Waals surface area contributed by atoms with E-state index in [1.165, 1.54) is 17.0 Å². The second-order valence-electron chi connectivity index (χ2n) is 5.74. The molecular formula is C18H15Cl2FN2O2. The third-order valence-corrected chi connectivity index (χ3v) is 4.70. The van der Waals surface area contributed by atoms with Crippen LogP contribution in [0.2, 0.25) is 10.0 Å². The van der Waals surface area contributed by atoms with E-state index < -0.39 is 5.82 Å². The van der Waals surface area contributed by atoms with Gasteiger partial charge in [-0.15, -0.1) is 0 Å².